The molecular weight excluding hydrogens is 378 g/mol. The molecule has 1 aliphatic carbocycles. The third-order valence-corrected chi connectivity index (χ3v) is 5.54. The number of nitrogens with zero attached hydrogens (tertiary/aromatic N) is 2. The van der Waals surface area contributed by atoms with Gasteiger partial charge in [0.1, 0.15) is 28.8 Å². The summed E-state index contributed by atoms with van der Waals surface area (Å²) in [6.07, 6.45) is 2.96. The molecule has 1 heterocycles. The minimum absolute atomic E-state index is 0.0268. The van der Waals surface area contributed by atoms with E-state index in [0.29, 0.717) is 11.3 Å². The molecule has 3 aromatic rings. The highest BCUT2D eigenvalue weighted by Crippen LogP contribution is 2.36. The molecule has 2 aromatic carbocycles. The predicted octanol–water partition coefficient (Wildman–Crippen LogP) is 4.14. The summed E-state index contributed by atoms with van der Waals surface area (Å²) < 4.78 is 7.81. The molecule has 1 aromatic heterocycles. The van der Waals surface area contributed by atoms with Crippen molar-refractivity contribution in [3.63, 3.8) is 0 Å². The van der Waals surface area contributed by atoms with Crippen LogP contribution in [-0.4, -0.2) is 33.9 Å². The highest BCUT2D eigenvalue weighted by Gasteiger charge is 2.28. The molecule has 1 saturated carbocycles. The van der Waals surface area contributed by atoms with E-state index in [1.165, 1.54) is 0 Å². The SMILES string of the molecule is CNc1c(C(=N)N)c(-c2ccc(Oc3ccccc3)cc2)nn1C1CCC(O)CC1. The first kappa shape index (κ1) is 20.0. The van der Waals surface area contributed by atoms with Crippen LogP contribution in [0.5, 0.6) is 11.5 Å². The topological polar surface area (TPSA) is 109 Å². The zero-order valence-electron chi connectivity index (χ0n) is 17.0. The Balaban J connectivity index is 1.66. The highest BCUT2D eigenvalue weighted by atomic mass is 16.5. The Hall–Kier alpha value is -3.32. The zero-order chi connectivity index (χ0) is 21.1. The first-order chi connectivity index (χ1) is 14.6. The Morgan fingerprint density at radius 2 is 1.70 bits per heavy atom. The van der Waals surface area contributed by atoms with Gasteiger partial charge in [-0.15, -0.1) is 0 Å². The van der Waals surface area contributed by atoms with Crippen molar-refractivity contribution < 1.29 is 9.84 Å². The first-order valence-electron chi connectivity index (χ1n) is 10.2. The first-order valence-corrected chi connectivity index (χ1v) is 10.2. The summed E-state index contributed by atoms with van der Waals surface area (Å²) in [6, 6.07) is 17.4. The fourth-order valence-electron chi connectivity index (χ4n) is 4.00. The number of nitrogen functional groups attached to an aromatic ring is 1. The number of hydrogen-bond donors (Lipinski definition) is 4. The van der Waals surface area contributed by atoms with Gasteiger partial charge in [0.2, 0.25) is 0 Å². The van der Waals surface area contributed by atoms with Gasteiger partial charge in [-0.3, -0.25) is 5.41 Å². The van der Waals surface area contributed by atoms with Crippen molar-refractivity contribution in [1.82, 2.24) is 9.78 Å². The normalized spacial score (nSPS) is 18.7. The molecule has 0 atom stereocenters. The van der Waals surface area contributed by atoms with E-state index in [2.05, 4.69) is 5.32 Å². The number of hydrogen-bond acceptors (Lipinski definition) is 5. The van der Waals surface area contributed by atoms with Crippen molar-refractivity contribution in [3.05, 3.63) is 60.2 Å². The van der Waals surface area contributed by atoms with E-state index in [1.54, 1.807) is 0 Å². The second-order valence-corrected chi connectivity index (χ2v) is 7.58. The van der Waals surface area contributed by atoms with Crippen LogP contribution in [0.15, 0.2) is 54.6 Å². The van der Waals surface area contributed by atoms with E-state index in [0.717, 1.165) is 48.6 Å². The molecule has 7 heteroatoms. The van der Waals surface area contributed by atoms with E-state index < -0.39 is 0 Å². The van der Waals surface area contributed by atoms with Crippen LogP contribution in [0, 0.1) is 5.41 Å². The number of para-hydroxylation sites is 1. The van der Waals surface area contributed by atoms with Crippen LogP contribution < -0.4 is 15.8 Å². The summed E-state index contributed by atoms with van der Waals surface area (Å²) >= 11 is 0. The van der Waals surface area contributed by atoms with E-state index >= 15 is 0 Å². The number of amidine groups is 1. The van der Waals surface area contributed by atoms with Gasteiger partial charge >= 0.3 is 0 Å². The summed E-state index contributed by atoms with van der Waals surface area (Å²) in [4.78, 5) is 0. The number of aromatic nitrogens is 2. The largest absolute Gasteiger partial charge is 0.457 e. The van der Waals surface area contributed by atoms with Crippen molar-refractivity contribution in [2.75, 3.05) is 12.4 Å². The summed E-state index contributed by atoms with van der Waals surface area (Å²) in [6.45, 7) is 0. The highest BCUT2D eigenvalue weighted by molar-refractivity contribution is 6.05. The summed E-state index contributed by atoms with van der Waals surface area (Å²) in [5.74, 6) is 2.21. The number of aliphatic hydroxyl groups is 1. The second kappa shape index (κ2) is 8.59. The molecule has 0 aliphatic heterocycles. The molecule has 0 unspecified atom stereocenters. The Bertz CT molecular complexity index is 1010. The van der Waals surface area contributed by atoms with E-state index in [1.807, 2.05) is 66.3 Å². The van der Waals surface area contributed by atoms with Gasteiger partial charge in [0.25, 0.3) is 0 Å². The molecule has 0 spiro atoms. The van der Waals surface area contributed by atoms with E-state index in [-0.39, 0.29) is 18.0 Å². The molecule has 1 fully saturated rings. The number of rotatable bonds is 6. The number of ether oxygens (including phenoxy) is 1. The van der Waals surface area contributed by atoms with Crippen LogP contribution in [0.2, 0.25) is 0 Å². The minimum atomic E-state index is -0.237. The number of benzene rings is 2. The fourth-order valence-corrected chi connectivity index (χ4v) is 4.00. The van der Waals surface area contributed by atoms with Crippen LogP contribution in [0.4, 0.5) is 5.82 Å². The van der Waals surface area contributed by atoms with Crippen molar-refractivity contribution in [3.8, 4) is 22.8 Å². The molecule has 30 heavy (non-hydrogen) atoms. The third kappa shape index (κ3) is 4.02. The average molecular weight is 406 g/mol. The van der Waals surface area contributed by atoms with Gasteiger partial charge in [-0.1, -0.05) is 18.2 Å². The van der Waals surface area contributed by atoms with Crippen LogP contribution in [0.1, 0.15) is 37.3 Å². The monoisotopic (exact) mass is 405 g/mol. The van der Waals surface area contributed by atoms with Crippen molar-refractivity contribution in [1.29, 1.82) is 5.41 Å². The molecule has 1 aliphatic rings. The quantitative estimate of drug-likeness (QED) is 0.364. The lowest BCUT2D eigenvalue weighted by molar-refractivity contribution is 0.108. The van der Waals surface area contributed by atoms with E-state index in [4.69, 9.17) is 21.0 Å². The molecule has 156 valence electrons. The Morgan fingerprint density at radius 3 is 2.30 bits per heavy atom. The van der Waals surface area contributed by atoms with Gasteiger partial charge in [0.15, 0.2) is 0 Å². The standard InChI is InChI=1S/C23H27N5O2/c1-26-23-20(22(24)25)21(27-28(23)16-9-11-17(29)12-10-16)15-7-13-19(14-8-15)30-18-5-3-2-4-6-18/h2-8,13-14,16-17,26,29H,9-12H2,1H3,(H3,24,25). The van der Waals surface area contributed by atoms with Gasteiger partial charge in [0.05, 0.1) is 17.7 Å². The maximum atomic E-state index is 9.85. The van der Waals surface area contributed by atoms with Gasteiger partial charge in [0, 0.05) is 12.6 Å². The predicted molar refractivity (Wildman–Crippen MR) is 118 cm³/mol. The Labute approximate surface area is 176 Å². The third-order valence-electron chi connectivity index (χ3n) is 5.54. The lowest BCUT2D eigenvalue weighted by Crippen LogP contribution is -2.23. The average Bonchev–Trinajstić information content (AvgIpc) is 3.15. The fraction of sp³-hybridized carbons (Fsp3) is 0.304. The molecule has 0 saturated heterocycles. The van der Waals surface area contributed by atoms with Gasteiger partial charge < -0.3 is 20.9 Å². The molecule has 0 amide bonds. The van der Waals surface area contributed by atoms with Crippen molar-refractivity contribution in [2.45, 2.75) is 37.8 Å². The van der Waals surface area contributed by atoms with Crippen LogP contribution in [0.3, 0.4) is 0 Å². The second-order valence-electron chi connectivity index (χ2n) is 7.58. The lowest BCUT2D eigenvalue weighted by atomic mass is 9.93. The number of nitrogens with two attached hydrogens (primary N) is 1. The molecule has 0 bridgehead atoms. The summed E-state index contributed by atoms with van der Waals surface area (Å²) in [7, 11) is 1.82. The maximum absolute atomic E-state index is 9.85. The zero-order valence-corrected chi connectivity index (χ0v) is 17.0. The van der Waals surface area contributed by atoms with Crippen LogP contribution in [0.25, 0.3) is 11.3 Å². The smallest absolute Gasteiger partial charge is 0.136 e. The van der Waals surface area contributed by atoms with Crippen molar-refractivity contribution >= 4 is 11.7 Å². The van der Waals surface area contributed by atoms with Crippen LogP contribution in [-0.2, 0) is 0 Å². The lowest BCUT2D eigenvalue weighted by Gasteiger charge is -2.27. The molecule has 4 rings (SSSR count). The van der Waals surface area contributed by atoms with Gasteiger partial charge in [-0.2, -0.15) is 5.10 Å². The Morgan fingerprint density at radius 1 is 1.07 bits per heavy atom. The summed E-state index contributed by atoms with van der Waals surface area (Å²) in [5, 5.41) is 26.0. The number of anilines is 1. The summed E-state index contributed by atoms with van der Waals surface area (Å²) in [5.41, 5.74) is 8.09. The van der Waals surface area contributed by atoms with Crippen LogP contribution >= 0.6 is 0 Å². The molecule has 5 N–H and O–H groups in total. The maximum Gasteiger partial charge on any atom is 0.136 e. The van der Waals surface area contributed by atoms with E-state index in [9.17, 15) is 5.11 Å². The van der Waals surface area contributed by atoms with Gasteiger partial charge in [-0.05, 0) is 62.1 Å². The number of aliphatic hydroxyl groups excluding tert-OH is 1. The molecule has 0 radical (unpaired) electrons. The molecule has 7 nitrogen and oxygen atoms in total. The van der Waals surface area contributed by atoms with Gasteiger partial charge in [-0.25, -0.2) is 4.68 Å². The number of nitrogens with one attached hydrogen (secondary N) is 2. The van der Waals surface area contributed by atoms with Crippen molar-refractivity contribution in [2.24, 2.45) is 5.73 Å². The Kier molecular flexibility index (Phi) is 5.72. The molecular formula is C23H27N5O2. The minimum Gasteiger partial charge on any atom is -0.457 e.